The quantitative estimate of drug-likeness (QED) is 0.524. The summed E-state index contributed by atoms with van der Waals surface area (Å²) in [4.78, 5) is 31.4. The first-order valence-electron chi connectivity index (χ1n) is 11.9. The van der Waals surface area contributed by atoms with Crippen LogP contribution in [0.4, 0.5) is 5.82 Å². The second-order valence-corrected chi connectivity index (χ2v) is 8.56. The number of aryl methyl sites for hydroxylation is 1. The molecular weight excluding hydrogens is 442 g/mol. The summed E-state index contributed by atoms with van der Waals surface area (Å²) in [6, 6.07) is 19.2. The third-order valence-electron chi connectivity index (χ3n) is 6.27. The second-order valence-electron chi connectivity index (χ2n) is 8.56. The molecule has 0 aliphatic carbocycles. The van der Waals surface area contributed by atoms with Gasteiger partial charge < -0.3 is 19.4 Å². The number of amides is 2. The van der Waals surface area contributed by atoms with E-state index < -0.39 is 0 Å². The highest BCUT2D eigenvalue weighted by Crippen LogP contribution is 2.20. The Balaban J connectivity index is 1.32. The maximum Gasteiger partial charge on any atom is 0.254 e. The monoisotopic (exact) mass is 473 g/mol. The van der Waals surface area contributed by atoms with Crippen molar-refractivity contribution >= 4 is 17.6 Å². The SMILES string of the molecule is CCN(CC(=O)N1CCN(c2ccc(-c3ccc(C)cc3)nn2)CC1)C(=O)c1cccc(OC)c1. The first kappa shape index (κ1) is 24.2. The van der Waals surface area contributed by atoms with Gasteiger partial charge in [-0.25, -0.2) is 0 Å². The molecule has 8 heteroatoms. The van der Waals surface area contributed by atoms with Crippen LogP contribution >= 0.6 is 0 Å². The number of ether oxygens (including phenoxy) is 1. The molecule has 1 aliphatic heterocycles. The summed E-state index contributed by atoms with van der Waals surface area (Å²) in [5, 5.41) is 8.81. The molecule has 0 unspecified atom stereocenters. The van der Waals surface area contributed by atoms with Gasteiger partial charge in [0.2, 0.25) is 5.91 Å². The normalized spacial score (nSPS) is 13.5. The molecule has 0 spiro atoms. The Morgan fingerprint density at radius 1 is 0.971 bits per heavy atom. The van der Waals surface area contributed by atoms with E-state index >= 15 is 0 Å². The van der Waals surface area contributed by atoms with Gasteiger partial charge in [0.25, 0.3) is 5.91 Å². The molecule has 1 aliphatic rings. The van der Waals surface area contributed by atoms with Crippen LogP contribution in [0.1, 0.15) is 22.8 Å². The minimum atomic E-state index is -0.178. The van der Waals surface area contributed by atoms with Crippen molar-refractivity contribution in [3.63, 3.8) is 0 Å². The zero-order valence-electron chi connectivity index (χ0n) is 20.5. The van der Waals surface area contributed by atoms with Gasteiger partial charge in [-0.15, -0.1) is 10.2 Å². The third-order valence-corrected chi connectivity index (χ3v) is 6.27. The van der Waals surface area contributed by atoms with Crippen molar-refractivity contribution < 1.29 is 14.3 Å². The fraction of sp³-hybridized carbons (Fsp3) is 0.333. The molecule has 0 radical (unpaired) electrons. The summed E-state index contributed by atoms with van der Waals surface area (Å²) in [5.74, 6) is 1.19. The minimum absolute atomic E-state index is 0.0523. The lowest BCUT2D eigenvalue weighted by molar-refractivity contribution is -0.132. The smallest absolute Gasteiger partial charge is 0.254 e. The van der Waals surface area contributed by atoms with E-state index in [1.165, 1.54) is 5.56 Å². The Hall–Kier alpha value is -3.94. The molecule has 1 saturated heterocycles. The molecule has 1 aromatic heterocycles. The molecule has 2 aromatic carbocycles. The fourth-order valence-corrected chi connectivity index (χ4v) is 4.09. The van der Waals surface area contributed by atoms with Gasteiger partial charge in [-0.2, -0.15) is 0 Å². The highest BCUT2D eigenvalue weighted by molar-refractivity contribution is 5.96. The van der Waals surface area contributed by atoms with Gasteiger partial charge in [0, 0.05) is 43.9 Å². The fourth-order valence-electron chi connectivity index (χ4n) is 4.09. The summed E-state index contributed by atoms with van der Waals surface area (Å²) >= 11 is 0. The van der Waals surface area contributed by atoms with Crippen LogP contribution in [-0.2, 0) is 4.79 Å². The first-order chi connectivity index (χ1) is 17.0. The standard InChI is InChI=1S/C27H31N5O3/c1-4-30(27(34)22-6-5-7-23(18-22)35-3)19-26(33)32-16-14-31(15-17-32)25-13-12-24(28-29-25)21-10-8-20(2)9-11-21/h5-13,18H,4,14-17,19H2,1-3H3. The van der Waals surface area contributed by atoms with E-state index in [-0.39, 0.29) is 18.4 Å². The largest absolute Gasteiger partial charge is 0.497 e. The van der Waals surface area contributed by atoms with Gasteiger partial charge >= 0.3 is 0 Å². The molecule has 0 N–H and O–H groups in total. The predicted molar refractivity (Wildman–Crippen MR) is 136 cm³/mol. The number of hydrogen-bond donors (Lipinski definition) is 0. The summed E-state index contributed by atoms with van der Waals surface area (Å²) in [7, 11) is 1.56. The summed E-state index contributed by atoms with van der Waals surface area (Å²) in [5.41, 5.74) is 3.59. The number of hydrogen-bond acceptors (Lipinski definition) is 6. The van der Waals surface area contributed by atoms with E-state index in [0.29, 0.717) is 44.0 Å². The van der Waals surface area contributed by atoms with Crippen molar-refractivity contribution in [2.45, 2.75) is 13.8 Å². The van der Waals surface area contributed by atoms with Crippen LogP contribution in [0.15, 0.2) is 60.7 Å². The molecule has 2 amide bonds. The van der Waals surface area contributed by atoms with Crippen LogP contribution in [0.2, 0.25) is 0 Å². The molecule has 182 valence electrons. The zero-order valence-corrected chi connectivity index (χ0v) is 20.5. The maximum absolute atomic E-state index is 13.0. The molecule has 0 saturated carbocycles. The van der Waals surface area contributed by atoms with Crippen LogP contribution in [-0.4, -0.2) is 78.2 Å². The number of methoxy groups -OCH3 is 1. The molecule has 1 fully saturated rings. The lowest BCUT2D eigenvalue weighted by Gasteiger charge is -2.36. The molecule has 35 heavy (non-hydrogen) atoms. The second kappa shape index (κ2) is 11.0. The lowest BCUT2D eigenvalue weighted by Crippen LogP contribution is -2.52. The number of likely N-dealkylation sites (N-methyl/N-ethyl adjacent to an activating group) is 1. The first-order valence-corrected chi connectivity index (χ1v) is 11.9. The maximum atomic E-state index is 13.0. The van der Waals surface area contributed by atoms with Crippen LogP contribution in [0.3, 0.4) is 0 Å². The number of nitrogens with zero attached hydrogens (tertiary/aromatic N) is 5. The number of rotatable bonds is 7. The van der Waals surface area contributed by atoms with Crippen LogP contribution in [0.25, 0.3) is 11.3 Å². The molecule has 0 bridgehead atoms. The highest BCUT2D eigenvalue weighted by atomic mass is 16.5. The van der Waals surface area contributed by atoms with Gasteiger partial charge in [-0.1, -0.05) is 35.9 Å². The molecule has 8 nitrogen and oxygen atoms in total. The number of aromatic nitrogens is 2. The Morgan fingerprint density at radius 2 is 1.71 bits per heavy atom. The van der Waals surface area contributed by atoms with Crippen LogP contribution in [0, 0.1) is 6.92 Å². The minimum Gasteiger partial charge on any atom is -0.497 e. The highest BCUT2D eigenvalue weighted by Gasteiger charge is 2.25. The zero-order chi connectivity index (χ0) is 24.8. The van der Waals surface area contributed by atoms with Crippen molar-refractivity contribution in [3.05, 3.63) is 71.8 Å². The van der Waals surface area contributed by atoms with Crippen molar-refractivity contribution in [1.82, 2.24) is 20.0 Å². The van der Waals surface area contributed by atoms with E-state index in [9.17, 15) is 9.59 Å². The average molecular weight is 474 g/mol. The number of piperazine rings is 1. The van der Waals surface area contributed by atoms with Crippen molar-refractivity contribution in [2.24, 2.45) is 0 Å². The predicted octanol–water partition coefficient (Wildman–Crippen LogP) is 3.27. The molecule has 2 heterocycles. The Kier molecular flexibility index (Phi) is 7.60. The van der Waals surface area contributed by atoms with Crippen molar-refractivity contribution in [1.29, 1.82) is 0 Å². The van der Waals surface area contributed by atoms with E-state index in [1.54, 1.807) is 36.3 Å². The van der Waals surface area contributed by atoms with Crippen LogP contribution in [0.5, 0.6) is 5.75 Å². The number of anilines is 1. The molecule has 4 rings (SSSR count). The number of carbonyl (C=O) groups is 2. The number of carbonyl (C=O) groups excluding carboxylic acids is 2. The van der Waals surface area contributed by atoms with E-state index in [1.807, 2.05) is 36.1 Å². The summed E-state index contributed by atoms with van der Waals surface area (Å²) in [6.07, 6.45) is 0. The van der Waals surface area contributed by atoms with Gasteiger partial charge in [-0.3, -0.25) is 9.59 Å². The van der Waals surface area contributed by atoms with Crippen molar-refractivity contribution in [2.75, 3.05) is 51.3 Å². The summed E-state index contributed by atoms with van der Waals surface area (Å²) in [6.45, 7) is 6.92. The topological polar surface area (TPSA) is 78.9 Å². The van der Waals surface area contributed by atoms with Gasteiger partial charge in [-0.05, 0) is 44.2 Å². The van der Waals surface area contributed by atoms with E-state index in [4.69, 9.17) is 4.74 Å². The Morgan fingerprint density at radius 3 is 2.34 bits per heavy atom. The van der Waals surface area contributed by atoms with E-state index in [0.717, 1.165) is 17.1 Å². The van der Waals surface area contributed by atoms with E-state index in [2.05, 4.69) is 34.2 Å². The molecule has 0 atom stereocenters. The van der Waals surface area contributed by atoms with Gasteiger partial charge in [0.05, 0.1) is 12.8 Å². The third kappa shape index (κ3) is 5.77. The van der Waals surface area contributed by atoms with Gasteiger partial charge in [0.1, 0.15) is 12.3 Å². The van der Waals surface area contributed by atoms with Crippen molar-refractivity contribution in [3.8, 4) is 17.0 Å². The number of benzene rings is 2. The molecular formula is C27H31N5O3. The Bertz CT molecular complexity index is 1160. The van der Waals surface area contributed by atoms with Crippen LogP contribution < -0.4 is 9.64 Å². The Labute approximate surface area is 206 Å². The average Bonchev–Trinajstić information content (AvgIpc) is 2.92. The van der Waals surface area contributed by atoms with Gasteiger partial charge in [0.15, 0.2) is 5.82 Å². The lowest BCUT2D eigenvalue weighted by atomic mass is 10.1. The molecule has 3 aromatic rings. The summed E-state index contributed by atoms with van der Waals surface area (Å²) < 4.78 is 5.21.